The molecule has 1 aromatic carbocycles. The summed E-state index contributed by atoms with van der Waals surface area (Å²) in [4.78, 5) is 0. The highest BCUT2D eigenvalue weighted by Crippen LogP contribution is 2.38. The van der Waals surface area contributed by atoms with Gasteiger partial charge in [0.2, 0.25) is 0 Å². The van der Waals surface area contributed by atoms with Crippen LogP contribution in [0.2, 0.25) is 0 Å². The molecule has 2 aliphatic rings. The van der Waals surface area contributed by atoms with E-state index >= 15 is 0 Å². The van der Waals surface area contributed by atoms with E-state index in [9.17, 15) is 0 Å². The monoisotopic (exact) mass is 293 g/mol. The summed E-state index contributed by atoms with van der Waals surface area (Å²) in [6, 6.07) is 6.27. The van der Waals surface area contributed by atoms with Gasteiger partial charge in [0.1, 0.15) is 11.5 Å². The molecule has 116 valence electrons. The fourth-order valence-corrected chi connectivity index (χ4v) is 3.13. The summed E-state index contributed by atoms with van der Waals surface area (Å²) < 4.78 is 22.2. The van der Waals surface area contributed by atoms with E-state index in [1.54, 1.807) is 14.2 Å². The van der Waals surface area contributed by atoms with Crippen molar-refractivity contribution in [3.8, 4) is 11.5 Å². The van der Waals surface area contributed by atoms with Crippen molar-refractivity contribution in [2.24, 2.45) is 0 Å². The van der Waals surface area contributed by atoms with Crippen molar-refractivity contribution in [2.75, 3.05) is 32.8 Å². The van der Waals surface area contributed by atoms with Crippen molar-refractivity contribution in [3.63, 3.8) is 0 Å². The summed E-state index contributed by atoms with van der Waals surface area (Å²) >= 11 is 0. The van der Waals surface area contributed by atoms with Gasteiger partial charge in [0.15, 0.2) is 5.79 Å². The Morgan fingerprint density at radius 1 is 1.10 bits per heavy atom. The summed E-state index contributed by atoms with van der Waals surface area (Å²) in [6.45, 7) is 1.45. The third-order valence-corrected chi connectivity index (χ3v) is 4.33. The molecule has 0 radical (unpaired) electrons. The minimum absolute atomic E-state index is 0.303. The molecular weight excluding hydrogens is 270 g/mol. The zero-order chi connectivity index (χ0) is 14.7. The van der Waals surface area contributed by atoms with Crippen molar-refractivity contribution in [2.45, 2.75) is 37.5 Å². The second kappa shape index (κ2) is 6.12. The predicted molar refractivity (Wildman–Crippen MR) is 80.1 cm³/mol. The van der Waals surface area contributed by atoms with Crippen molar-refractivity contribution in [1.82, 2.24) is 0 Å². The smallest absolute Gasteiger partial charge is 0.168 e. The van der Waals surface area contributed by atoms with Crippen LogP contribution in [0.5, 0.6) is 11.5 Å². The first-order valence-electron chi connectivity index (χ1n) is 7.51. The van der Waals surface area contributed by atoms with E-state index in [4.69, 9.17) is 18.9 Å². The molecule has 0 bridgehead atoms. The molecular formula is C16H23NO4. The molecule has 21 heavy (non-hydrogen) atoms. The summed E-state index contributed by atoms with van der Waals surface area (Å²) in [5.41, 5.74) is 1.01. The van der Waals surface area contributed by atoms with Crippen molar-refractivity contribution in [1.29, 1.82) is 0 Å². The second-order valence-electron chi connectivity index (χ2n) is 5.59. The van der Waals surface area contributed by atoms with E-state index in [1.807, 2.05) is 18.2 Å². The van der Waals surface area contributed by atoms with Gasteiger partial charge in [-0.25, -0.2) is 0 Å². The minimum Gasteiger partial charge on any atom is -0.497 e. The van der Waals surface area contributed by atoms with Gasteiger partial charge in [-0.1, -0.05) is 0 Å². The van der Waals surface area contributed by atoms with Gasteiger partial charge in [-0.15, -0.1) is 0 Å². The number of ether oxygens (including phenoxy) is 4. The fraction of sp³-hybridized carbons (Fsp3) is 0.625. The first-order chi connectivity index (χ1) is 10.2. The number of hydrogen-bond acceptors (Lipinski definition) is 5. The standard InChI is InChI=1S/C16H23NO4/c1-18-13-3-4-14(15(11-13)19-2)17-12-5-7-16(8-6-12)20-9-10-21-16/h3-4,11-12,17H,5-10H2,1-2H3. The van der Waals surface area contributed by atoms with Crippen molar-refractivity contribution >= 4 is 5.69 Å². The van der Waals surface area contributed by atoms with Crippen LogP contribution >= 0.6 is 0 Å². The third kappa shape index (κ3) is 3.09. The van der Waals surface area contributed by atoms with Crippen LogP contribution in [-0.4, -0.2) is 39.3 Å². The molecule has 0 unspecified atom stereocenters. The highest BCUT2D eigenvalue weighted by atomic mass is 16.7. The predicted octanol–water partition coefficient (Wildman–Crippen LogP) is 2.80. The highest BCUT2D eigenvalue weighted by molar-refractivity contribution is 5.59. The maximum absolute atomic E-state index is 5.76. The Morgan fingerprint density at radius 3 is 2.43 bits per heavy atom. The quantitative estimate of drug-likeness (QED) is 0.925. The topological polar surface area (TPSA) is 49.0 Å². The molecule has 2 fully saturated rings. The van der Waals surface area contributed by atoms with Gasteiger partial charge in [-0.3, -0.25) is 0 Å². The van der Waals surface area contributed by atoms with Gasteiger partial charge in [0.05, 0.1) is 33.1 Å². The lowest BCUT2D eigenvalue weighted by Gasteiger charge is -2.36. The van der Waals surface area contributed by atoms with Crippen molar-refractivity contribution < 1.29 is 18.9 Å². The molecule has 5 nitrogen and oxygen atoms in total. The molecule has 0 atom stereocenters. The van der Waals surface area contributed by atoms with E-state index in [1.165, 1.54) is 0 Å². The Balaban J connectivity index is 1.62. The van der Waals surface area contributed by atoms with E-state index in [0.29, 0.717) is 6.04 Å². The molecule has 0 amide bonds. The van der Waals surface area contributed by atoms with Crippen LogP contribution in [0.4, 0.5) is 5.69 Å². The van der Waals surface area contributed by atoms with Gasteiger partial charge in [0.25, 0.3) is 0 Å². The molecule has 0 aromatic heterocycles. The number of hydrogen-bond donors (Lipinski definition) is 1. The van der Waals surface area contributed by atoms with Crippen LogP contribution in [0.15, 0.2) is 18.2 Å². The van der Waals surface area contributed by atoms with Gasteiger partial charge < -0.3 is 24.3 Å². The molecule has 3 rings (SSSR count). The van der Waals surface area contributed by atoms with Crippen LogP contribution in [0.1, 0.15) is 25.7 Å². The van der Waals surface area contributed by atoms with Crippen LogP contribution < -0.4 is 14.8 Å². The zero-order valence-electron chi connectivity index (χ0n) is 12.7. The van der Waals surface area contributed by atoms with Crippen LogP contribution in [0, 0.1) is 0 Å². The zero-order valence-corrected chi connectivity index (χ0v) is 12.7. The molecule has 1 aromatic rings. The number of rotatable bonds is 4. The number of nitrogens with one attached hydrogen (secondary N) is 1. The number of anilines is 1. The van der Waals surface area contributed by atoms with Gasteiger partial charge in [-0.05, 0) is 25.0 Å². The van der Waals surface area contributed by atoms with Gasteiger partial charge in [-0.2, -0.15) is 0 Å². The maximum Gasteiger partial charge on any atom is 0.168 e. The lowest BCUT2D eigenvalue weighted by Crippen LogP contribution is -2.39. The van der Waals surface area contributed by atoms with E-state index in [-0.39, 0.29) is 5.79 Å². The summed E-state index contributed by atoms with van der Waals surface area (Å²) in [6.07, 6.45) is 3.97. The Kier molecular flexibility index (Phi) is 4.22. The Bertz CT molecular complexity index is 475. The second-order valence-corrected chi connectivity index (χ2v) is 5.59. The van der Waals surface area contributed by atoms with E-state index in [2.05, 4.69) is 5.32 Å². The molecule has 1 saturated heterocycles. The van der Waals surface area contributed by atoms with Crippen molar-refractivity contribution in [3.05, 3.63) is 18.2 Å². The molecule has 1 aliphatic carbocycles. The molecule has 1 aliphatic heterocycles. The Labute approximate surface area is 125 Å². The average molecular weight is 293 g/mol. The van der Waals surface area contributed by atoms with Gasteiger partial charge >= 0.3 is 0 Å². The first-order valence-corrected chi connectivity index (χ1v) is 7.51. The van der Waals surface area contributed by atoms with Crippen LogP contribution in [-0.2, 0) is 9.47 Å². The molecule has 1 N–H and O–H groups in total. The number of methoxy groups -OCH3 is 2. The Morgan fingerprint density at radius 2 is 1.81 bits per heavy atom. The minimum atomic E-state index is -0.303. The van der Waals surface area contributed by atoms with Gasteiger partial charge in [0, 0.05) is 24.9 Å². The van der Waals surface area contributed by atoms with Crippen LogP contribution in [0.25, 0.3) is 0 Å². The highest BCUT2D eigenvalue weighted by Gasteiger charge is 2.40. The fourth-order valence-electron chi connectivity index (χ4n) is 3.13. The van der Waals surface area contributed by atoms with E-state index < -0.39 is 0 Å². The normalized spacial score (nSPS) is 21.4. The summed E-state index contributed by atoms with van der Waals surface area (Å²) in [7, 11) is 3.33. The molecule has 1 heterocycles. The lowest BCUT2D eigenvalue weighted by molar-refractivity contribution is -0.177. The lowest BCUT2D eigenvalue weighted by atomic mass is 9.90. The van der Waals surface area contributed by atoms with E-state index in [0.717, 1.165) is 56.1 Å². The number of benzene rings is 1. The Hall–Kier alpha value is -1.46. The largest absolute Gasteiger partial charge is 0.497 e. The SMILES string of the molecule is COc1ccc(NC2CCC3(CC2)OCCO3)c(OC)c1. The average Bonchev–Trinajstić information content (AvgIpc) is 2.98. The first kappa shape index (κ1) is 14.5. The maximum atomic E-state index is 5.76. The van der Waals surface area contributed by atoms with Crippen LogP contribution in [0.3, 0.4) is 0 Å². The summed E-state index contributed by atoms with van der Waals surface area (Å²) in [5, 5.41) is 3.57. The third-order valence-electron chi connectivity index (χ3n) is 4.33. The molecule has 1 saturated carbocycles. The molecule has 5 heteroatoms. The summed E-state index contributed by atoms with van der Waals surface area (Å²) in [5.74, 6) is 1.30. The molecule has 1 spiro atoms.